The Morgan fingerprint density at radius 2 is 0.598 bits per heavy atom. The predicted molar refractivity (Wildman–Crippen MR) is 560 cm³/mol. The fourth-order valence-corrected chi connectivity index (χ4v) is 34.7. The predicted octanol–water partition coefficient (Wildman–Crippen LogP) is 34.7. The van der Waals surface area contributed by atoms with E-state index in [1.807, 2.05) is 22.7 Å². The first-order valence-corrected chi connectivity index (χ1v) is 52.8. The van der Waals surface area contributed by atoms with Crippen LogP contribution < -0.4 is 24.5 Å². The van der Waals surface area contributed by atoms with Gasteiger partial charge in [0.15, 0.2) is 0 Å². The van der Waals surface area contributed by atoms with Crippen LogP contribution in [0.25, 0.3) is 52.2 Å². The number of hydrogen-bond acceptors (Lipinski definition) is 10. The number of hydrogen-bond donors (Lipinski definition) is 0. The Balaban J connectivity index is 0.0000000937. The second-order valence-electron chi connectivity index (χ2n) is 44.8. The molecule has 7 nitrogen and oxygen atoms in total. The van der Waals surface area contributed by atoms with Crippen LogP contribution in [0.15, 0.2) is 239 Å². The molecule has 12 heterocycles. The van der Waals surface area contributed by atoms with Crippen LogP contribution in [0.1, 0.15) is 317 Å². The van der Waals surface area contributed by atoms with Crippen LogP contribution in [0.4, 0.5) is 28.4 Å². The molecular formula is C122H135N5O2S3. The first-order chi connectivity index (χ1) is 63.4. The number of para-hydroxylation sites is 7. The van der Waals surface area contributed by atoms with Crippen LogP contribution in [-0.2, 0) is 38.5 Å². The number of furan rings is 2. The molecule has 10 aromatic carbocycles. The van der Waals surface area contributed by atoms with Gasteiger partial charge in [0, 0.05) is 107 Å². The summed E-state index contributed by atoms with van der Waals surface area (Å²) >= 11 is 6.12. The lowest BCUT2D eigenvalue weighted by molar-refractivity contribution is -0.0596. The van der Waals surface area contributed by atoms with Crippen molar-refractivity contribution in [3.8, 4) is 0 Å². The molecule has 13 aliphatic rings. The highest BCUT2D eigenvalue weighted by molar-refractivity contribution is 7.20. The minimum atomic E-state index is -0.142. The van der Waals surface area contributed by atoms with E-state index in [1.165, 1.54) is 204 Å². The molecular weight excluding hydrogens is 1660 g/mol. The van der Waals surface area contributed by atoms with Crippen molar-refractivity contribution >= 4 is 115 Å². The van der Waals surface area contributed by atoms with Gasteiger partial charge in [-0.15, -0.1) is 34.0 Å². The van der Waals surface area contributed by atoms with Crippen molar-refractivity contribution in [2.24, 2.45) is 34.5 Å². The van der Waals surface area contributed by atoms with Gasteiger partial charge in [0.1, 0.15) is 22.7 Å². The van der Waals surface area contributed by atoms with Crippen LogP contribution in [0.3, 0.4) is 0 Å². The van der Waals surface area contributed by atoms with E-state index in [9.17, 15) is 0 Å². The van der Waals surface area contributed by atoms with Gasteiger partial charge in [-0.05, 0) is 279 Å². The van der Waals surface area contributed by atoms with E-state index in [4.69, 9.17) is 8.83 Å². The summed E-state index contributed by atoms with van der Waals surface area (Å²) in [5, 5.41) is 7.10. The third-order valence-electron chi connectivity index (χ3n) is 38.0. The Labute approximate surface area is 797 Å². The third-order valence-corrected chi connectivity index (χ3v) is 42.0. The summed E-state index contributed by atoms with van der Waals surface area (Å²) in [5.41, 5.74) is 27.2. The topological polar surface area (TPSA) is 42.5 Å². The van der Waals surface area contributed by atoms with E-state index in [1.54, 1.807) is 36.7 Å². The van der Waals surface area contributed by atoms with E-state index in [0.717, 1.165) is 46.4 Å². The molecule has 7 aliphatic heterocycles. The van der Waals surface area contributed by atoms with Crippen molar-refractivity contribution in [3.63, 3.8) is 0 Å². The standard InChI is InChI=1S/C27H29NS.2C25H29NO.C23H25NS.C22H23NS/c1-16-7-3-5-9-23(16)28-17(2)26-25(22-8-4-6-10-24(22)29-26)27(28)20-12-18-11-19(14-20)15-21(27)13-18;2*1-15-11-10-13-18-21(15)26-16(2)22-20(17-12-8-9-14-19(17)27-22)25(26,7)24(5,6)23(18,3)4;1-16-10-4-6-12-19(16)24-17(2)22-21(23(24)14-8-3-9-15-23)18-11-5-7-13-20(18)25-22;1-15-9-3-5-11-18(15)23-16(2)21-20(22(23)13-7-8-14-22)17-10-4-6-12-19(17)24-21/h3-10,17-21H,11-15H2,1-2H3;2*8-14,16H,1-7H3;4-7,10-13,17H,3,8-9,14-15H2,1-2H3;3-6,9-12,16H,7-8,13-14H2,1-2H3. The van der Waals surface area contributed by atoms with Crippen LogP contribution in [0.5, 0.6) is 0 Å². The summed E-state index contributed by atoms with van der Waals surface area (Å²) in [4.78, 5) is 18.7. The second kappa shape index (κ2) is 30.6. The highest BCUT2D eigenvalue weighted by Crippen LogP contribution is 2.75. The van der Waals surface area contributed by atoms with Crippen LogP contribution in [0.2, 0.25) is 0 Å². The molecule has 6 saturated carbocycles. The Kier molecular flexibility index (Phi) is 20.0. The quantitative estimate of drug-likeness (QED) is 0.175. The minimum Gasteiger partial charge on any atom is -0.458 e. The third kappa shape index (κ3) is 11.5. The molecule has 132 heavy (non-hydrogen) atoms. The zero-order chi connectivity index (χ0) is 91.4. The molecule has 28 rings (SSSR count). The lowest BCUT2D eigenvalue weighted by Gasteiger charge is -2.64. The average Bonchev–Trinajstić information content (AvgIpc) is 1.48. The first kappa shape index (κ1) is 86.3. The molecule has 10 heteroatoms. The van der Waals surface area contributed by atoms with Crippen LogP contribution in [0, 0.1) is 69.1 Å². The molecule has 5 aromatic heterocycles. The zero-order valence-corrected chi connectivity index (χ0v) is 84.3. The Morgan fingerprint density at radius 3 is 0.985 bits per heavy atom. The van der Waals surface area contributed by atoms with Gasteiger partial charge < -0.3 is 33.3 Å². The summed E-state index contributed by atoms with van der Waals surface area (Å²) in [6, 6.07) is 86.9. The van der Waals surface area contributed by atoms with E-state index in [2.05, 4.69) is 405 Å². The molecule has 0 radical (unpaired) electrons. The number of aryl methyl sites for hydroxylation is 5. The maximum absolute atomic E-state index is 6.45. The highest BCUT2D eigenvalue weighted by atomic mass is 32.1. The lowest BCUT2D eigenvalue weighted by Crippen LogP contribution is -2.62. The Morgan fingerprint density at radius 1 is 0.288 bits per heavy atom. The average molecular weight is 1800 g/mol. The maximum atomic E-state index is 6.45. The molecule has 0 saturated heterocycles. The maximum Gasteiger partial charge on any atom is 0.134 e. The van der Waals surface area contributed by atoms with Crippen molar-refractivity contribution in [2.45, 2.75) is 297 Å². The Bertz CT molecular complexity index is 6900. The summed E-state index contributed by atoms with van der Waals surface area (Å²) in [7, 11) is 0. The van der Waals surface area contributed by atoms with Crippen LogP contribution >= 0.6 is 34.0 Å². The first-order valence-electron chi connectivity index (χ1n) is 50.3. The number of fused-ring (bicyclic) bond motifs is 25. The number of benzene rings is 10. The largest absolute Gasteiger partial charge is 0.458 e. The molecule has 678 valence electrons. The van der Waals surface area contributed by atoms with Crippen molar-refractivity contribution in [1.29, 1.82) is 0 Å². The fraction of sp³-hybridized carbons (Fsp3) is 0.426. The number of thiophene rings is 3. The second-order valence-corrected chi connectivity index (χ2v) is 48.1. The Hall–Kier alpha value is -9.84. The van der Waals surface area contributed by atoms with Gasteiger partial charge in [-0.3, -0.25) is 0 Å². The molecule has 6 fully saturated rings. The summed E-state index contributed by atoms with van der Waals surface area (Å²) in [6.45, 7) is 47.6. The smallest absolute Gasteiger partial charge is 0.134 e. The molecule has 6 aliphatic carbocycles. The van der Waals surface area contributed by atoms with E-state index in [-0.39, 0.29) is 61.4 Å². The molecule has 3 spiro atoms. The highest BCUT2D eigenvalue weighted by Gasteiger charge is 2.70. The fourth-order valence-electron chi connectivity index (χ4n) is 30.7. The minimum absolute atomic E-state index is 0.00689. The number of anilines is 5. The van der Waals surface area contributed by atoms with Gasteiger partial charge in [0.25, 0.3) is 0 Å². The molecule has 0 N–H and O–H groups in total. The van der Waals surface area contributed by atoms with Gasteiger partial charge in [-0.25, -0.2) is 0 Å². The lowest BCUT2D eigenvalue weighted by atomic mass is 9.47. The molecule has 7 atom stereocenters. The van der Waals surface area contributed by atoms with E-state index < -0.39 is 0 Å². The van der Waals surface area contributed by atoms with Crippen molar-refractivity contribution in [1.82, 2.24) is 0 Å². The monoisotopic (exact) mass is 1800 g/mol. The summed E-state index contributed by atoms with van der Waals surface area (Å²) in [6.07, 6.45) is 19.2. The molecule has 7 unspecified atom stereocenters. The molecule has 4 bridgehead atoms. The van der Waals surface area contributed by atoms with E-state index >= 15 is 0 Å². The summed E-state index contributed by atoms with van der Waals surface area (Å²) in [5.74, 6) is 5.90. The van der Waals surface area contributed by atoms with Crippen molar-refractivity contribution < 1.29 is 8.83 Å². The van der Waals surface area contributed by atoms with Crippen molar-refractivity contribution in [3.05, 3.63) is 323 Å². The van der Waals surface area contributed by atoms with Crippen molar-refractivity contribution in [2.75, 3.05) is 24.5 Å². The number of nitrogens with zero attached hydrogens (tertiary/aromatic N) is 5. The van der Waals surface area contributed by atoms with E-state index in [0.29, 0.717) is 18.1 Å². The van der Waals surface area contributed by atoms with Crippen LogP contribution in [-0.4, -0.2) is 0 Å². The normalized spacial score (nSPS) is 27.4. The van der Waals surface area contributed by atoms with Gasteiger partial charge in [-0.1, -0.05) is 269 Å². The van der Waals surface area contributed by atoms with Gasteiger partial charge in [-0.2, -0.15) is 0 Å². The van der Waals surface area contributed by atoms with Gasteiger partial charge in [0.05, 0.1) is 57.9 Å². The number of rotatable bonds is 3. The SMILES string of the molecule is Cc1cccc2c1N1C(C)c3oc4ccccc4c3C1(C)C(C)(C)C2(C)C.Cc1cccc2c1N1C(C)c3oc4ccccc4c3C1(C)C(C)(C)C2(C)C.Cc1ccccc1N1C(C)c2sc3ccccc3c2C12C1CC3CC(C1)CC2C3.Cc1ccccc1N1C(C)c2sc3ccccc3c2C12CCCC2.Cc1ccccc1N1C(C)c2sc3ccccc3c2C12CCCCC2. The zero-order valence-electron chi connectivity index (χ0n) is 81.8. The summed E-state index contributed by atoms with van der Waals surface area (Å²) < 4.78 is 17.3. The van der Waals surface area contributed by atoms with Gasteiger partial charge >= 0.3 is 0 Å². The molecule has 15 aromatic rings. The van der Waals surface area contributed by atoms with Gasteiger partial charge in [0.2, 0.25) is 0 Å². The molecule has 0 amide bonds.